The van der Waals surface area contributed by atoms with Crippen LogP contribution in [0, 0.1) is 5.41 Å². The molecule has 0 atom stereocenters. The zero-order chi connectivity index (χ0) is 15.2. The van der Waals surface area contributed by atoms with Gasteiger partial charge in [-0.15, -0.1) is 0 Å². The summed E-state index contributed by atoms with van der Waals surface area (Å²) in [6.45, 7) is 4.50. The number of nitrogens with zero attached hydrogens (tertiary/aromatic N) is 1. The number of anilines is 1. The van der Waals surface area contributed by atoms with Crippen molar-refractivity contribution in [3.63, 3.8) is 0 Å². The van der Waals surface area contributed by atoms with Crippen LogP contribution in [-0.2, 0) is 9.59 Å². The number of rotatable bonds is 6. The van der Waals surface area contributed by atoms with Crippen molar-refractivity contribution < 1.29 is 9.59 Å². The van der Waals surface area contributed by atoms with Gasteiger partial charge in [-0.1, -0.05) is 18.2 Å². The van der Waals surface area contributed by atoms with Gasteiger partial charge in [0.15, 0.2) is 0 Å². The summed E-state index contributed by atoms with van der Waals surface area (Å²) in [5.41, 5.74) is -0.422. The Balaban J connectivity index is 2.58. The SMILES string of the molecule is CN(C)CCNC(=O)C(C)(C)C(=O)Nc1ccccc1. The molecule has 0 aliphatic rings. The normalized spacial score (nSPS) is 11.2. The van der Waals surface area contributed by atoms with Crippen LogP contribution < -0.4 is 10.6 Å². The summed E-state index contributed by atoms with van der Waals surface area (Å²) < 4.78 is 0. The molecule has 0 radical (unpaired) electrons. The molecule has 0 heterocycles. The van der Waals surface area contributed by atoms with Gasteiger partial charge < -0.3 is 15.5 Å². The number of benzene rings is 1. The van der Waals surface area contributed by atoms with Crippen molar-refractivity contribution in [3.8, 4) is 0 Å². The van der Waals surface area contributed by atoms with Gasteiger partial charge in [0.2, 0.25) is 11.8 Å². The lowest BCUT2D eigenvalue weighted by molar-refractivity contribution is -0.138. The van der Waals surface area contributed by atoms with Crippen LogP contribution in [0.2, 0.25) is 0 Å². The zero-order valence-electron chi connectivity index (χ0n) is 12.6. The first-order chi connectivity index (χ1) is 9.34. The fourth-order valence-corrected chi connectivity index (χ4v) is 1.53. The van der Waals surface area contributed by atoms with Gasteiger partial charge in [-0.3, -0.25) is 9.59 Å². The van der Waals surface area contributed by atoms with Crippen LogP contribution in [-0.4, -0.2) is 43.9 Å². The second kappa shape index (κ2) is 7.05. The minimum absolute atomic E-state index is 0.271. The van der Waals surface area contributed by atoms with Crippen LogP contribution in [0.5, 0.6) is 0 Å². The first-order valence-corrected chi connectivity index (χ1v) is 6.63. The van der Waals surface area contributed by atoms with Gasteiger partial charge >= 0.3 is 0 Å². The van der Waals surface area contributed by atoms with Crippen molar-refractivity contribution in [1.82, 2.24) is 10.2 Å². The Hall–Kier alpha value is -1.88. The Morgan fingerprint density at radius 1 is 1.10 bits per heavy atom. The van der Waals surface area contributed by atoms with Crippen LogP contribution in [0.25, 0.3) is 0 Å². The van der Waals surface area contributed by atoms with Crippen LogP contribution in [0.15, 0.2) is 30.3 Å². The summed E-state index contributed by atoms with van der Waals surface area (Å²) >= 11 is 0. The maximum Gasteiger partial charge on any atom is 0.239 e. The van der Waals surface area contributed by atoms with Crippen molar-refractivity contribution in [3.05, 3.63) is 30.3 Å². The van der Waals surface area contributed by atoms with E-state index in [1.54, 1.807) is 26.0 Å². The van der Waals surface area contributed by atoms with Crippen molar-refractivity contribution in [1.29, 1.82) is 0 Å². The minimum atomic E-state index is -1.11. The predicted molar refractivity (Wildman–Crippen MR) is 80.4 cm³/mol. The quantitative estimate of drug-likeness (QED) is 0.771. The molecule has 0 fully saturated rings. The number of carbonyl (C=O) groups is 2. The molecule has 110 valence electrons. The Bertz CT molecular complexity index is 455. The van der Waals surface area contributed by atoms with Gasteiger partial charge in [-0.2, -0.15) is 0 Å². The predicted octanol–water partition coefficient (Wildman–Crippen LogP) is 1.33. The molecule has 2 amide bonds. The first kappa shape index (κ1) is 16.2. The molecular weight excluding hydrogens is 254 g/mol. The minimum Gasteiger partial charge on any atom is -0.354 e. The standard InChI is InChI=1S/C15H23N3O2/c1-15(2,13(19)16-10-11-18(3)4)14(20)17-12-8-6-5-7-9-12/h5-9H,10-11H2,1-4H3,(H,16,19)(H,17,20). The highest BCUT2D eigenvalue weighted by Crippen LogP contribution is 2.18. The van der Waals surface area contributed by atoms with E-state index in [-0.39, 0.29) is 11.8 Å². The average Bonchev–Trinajstić information content (AvgIpc) is 2.39. The van der Waals surface area contributed by atoms with E-state index < -0.39 is 5.41 Å². The summed E-state index contributed by atoms with van der Waals surface area (Å²) in [4.78, 5) is 26.2. The lowest BCUT2D eigenvalue weighted by Gasteiger charge is -2.23. The molecule has 0 saturated heterocycles. The summed E-state index contributed by atoms with van der Waals surface area (Å²) in [5, 5.41) is 5.53. The number of para-hydroxylation sites is 1. The van der Waals surface area contributed by atoms with Crippen LogP contribution in [0.4, 0.5) is 5.69 Å². The fourth-order valence-electron chi connectivity index (χ4n) is 1.53. The summed E-state index contributed by atoms with van der Waals surface area (Å²) in [5.74, 6) is -0.584. The number of nitrogens with one attached hydrogen (secondary N) is 2. The third-order valence-electron chi connectivity index (χ3n) is 3.01. The van der Waals surface area contributed by atoms with Crippen molar-refractivity contribution >= 4 is 17.5 Å². The zero-order valence-corrected chi connectivity index (χ0v) is 12.6. The van der Waals surface area contributed by atoms with E-state index in [9.17, 15) is 9.59 Å². The largest absolute Gasteiger partial charge is 0.354 e. The summed E-state index contributed by atoms with van der Waals surface area (Å²) in [6.07, 6.45) is 0. The number of likely N-dealkylation sites (N-methyl/N-ethyl adjacent to an activating group) is 1. The highest BCUT2D eigenvalue weighted by Gasteiger charge is 2.35. The maximum absolute atomic E-state index is 12.2. The molecule has 20 heavy (non-hydrogen) atoms. The average molecular weight is 277 g/mol. The molecule has 1 aromatic rings. The Morgan fingerprint density at radius 2 is 1.70 bits per heavy atom. The van der Waals surface area contributed by atoms with Crippen LogP contribution in [0.3, 0.4) is 0 Å². The molecule has 0 bridgehead atoms. The molecule has 0 saturated carbocycles. The van der Waals surface area contributed by atoms with Gasteiger partial charge in [0.25, 0.3) is 0 Å². The molecule has 1 rings (SSSR count). The van der Waals surface area contributed by atoms with Crippen molar-refractivity contribution in [2.75, 3.05) is 32.5 Å². The lowest BCUT2D eigenvalue weighted by atomic mass is 9.91. The first-order valence-electron chi connectivity index (χ1n) is 6.63. The highest BCUT2D eigenvalue weighted by molar-refractivity contribution is 6.09. The monoisotopic (exact) mass is 277 g/mol. The Morgan fingerprint density at radius 3 is 2.25 bits per heavy atom. The van der Waals surface area contributed by atoms with Crippen molar-refractivity contribution in [2.24, 2.45) is 5.41 Å². The topological polar surface area (TPSA) is 61.4 Å². The van der Waals surface area contributed by atoms with Crippen molar-refractivity contribution in [2.45, 2.75) is 13.8 Å². The molecule has 1 aromatic carbocycles. The molecular formula is C15H23N3O2. The van der Waals surface area contributed by atoms with E-state index in [0.29, 0.717) is 12.2 Å². The second-order valence-corrected chi connectivity index (χ2v) is 5.50. The second-order valence-electron chi connectivity index (χ2n) is 5.50. The summed E-state index contributed by atoms with van der Waals surface area (Å²) in [7, 11) is 3.86. The highest BCUT2D eigenvalue weighted by atomic mass is 16.2. The van der Waals surface area contributed by atoms with E-state index >= 15 is 0 Å². The smallest absolute Gasteiger partial charge is 0.239 e. The molecule has 0 aliphatic carbocycles. The Labute approximate surface area is 120 Å². The van der Waals surface area contributed by atoms with E-state index in [1.807, 2.05) is 37.2 Å². The van der Waals surface area contributed by atoms with Crippen LogP contribution in [0.1, 0.15) is 13.8 Å². The molecule has 0 unspecified atom stereocenters. The molecule has 0 aliphatic heterocycles. The third-order valence-corrected chi connectivity index (χ3v) is 3.01. The van der Waals surface area contributed by atoms with Gasteiger partial charge in [0.05, 0.1) is 0 Å². The van der Waals surface area contributed by atoms with E-state index in [1.165, 1.54) is 0 Å². The molecule has 5 heteroatoms. The molecule has 2 N–H and O–H groups in total. The molecule has 0 spiro atoms. The number of carbonyl (C=O) groups excluding carboxylic acids is 2. The van der Waals surface area contributed by atoms with E-state index in [2.05, 4.69) is 10.6 Å². The molecule has 0 aromatic heterocycles. The van der Waals surface area contributed by atoms with Gasteiger partial charge in [-0.05, 0) is 40.1 Å². The third kappa shape index (κ3) is 4.66. The van der Waals surface area contributed by atoms with Crippen LogP contribution >= 0.6 is 0 Å². The Kier molecular flexibility index (Phi) is 5.70. The van der Waals surface area contributed by atoms with Gasteiger partial charge in [0.1, 0.15) is 5.41 Å². The number of hydrogen-bond acceptors (Lipinski definition) is 3. The number of hydrogen-bond donors (Lipinski definition) is 2. The summed E-state index contributed by atoms with van der Waals surface area (Å²) in [6, 6.07) is 9.12. The van der Waals surface area contributed by atoms with E-state index in [0.717, 1.165) is 6.54 Å². The van der Waals surface area contributed by atoms with Gasteiger partial charge in [-0.25, -0.2) is 0 Å². The maximum atomic E-state index is 12.2. The number of amides is 2. The van der Waals surface area contributed by atoms with E-state index in [4.69, 9.17) is 0 Å². The lowest BCUT2D eigenvalue weighted by Crippen LogP contribution is -2.46. The fraction of sp³-hybridized carbons (Fsp3) is 0.467. The van der Waals surface area contributed by atoms with Gasteiger partial charge in [0, 0.05) is 18.8 Å². The molecule has 5 nitrogen and oxygen atoms in total.